The van der Waals surface area contributed by atoms with E-state index in [2.05, 4.69) is 14.8 Å². The van der Waals surface area contributed by atoms with Gasteiger partial charge in [-0.2, -0.15) is 0 Å². The summed E-state index contributed by atoms with van der Waals surface area (Å²) in [6.45, 7) is 5.74. The number of nitrogens with zero attached hydrogens (tertiary/aromatic N) is 3. The average Bonchev–Trinajstić information content (AvgIpc) is 2.63. The number of amides is 1. The molecule has 3 N–H and O–H groups in total. The van der Waals surface area contributed by atoms with Crippen molar-refractivity contribution < 1.29 is 9.90 Å². The van der Waals surface area contributed by atoms with Crippen molar-refractivity contribution in [3.05, 3.63) is 59.3 Å². The van der Waals surface area contributed by atoms with E-state index in [4.69, 9.17) is 5.73 Å². The lowest BCUT2D eigenvalue weighted by Gasteiger charge is -2.36. The second kappa shape index (κ2) is 7.63. The molecule has 6 nitrogen and oxygen atoms in total. The number of aromatic nitrogens is 1. The molecule has 2 aromatic rings. The van der Waals surface area contributed by atoms with Gasteiger partial charge in [0.15, 0.2) is 0 Å². The van der Waals surface area contributed by atoms with Crippen LogP contribution in [0.15, 0.2) is 42.6 Å². The Morgan fingerprint density at radius 2 is 1.88 bits per heavy atom. The van der Waals surface area contributed by atoms with E-state index in [9.17, 15) is 9.90 Å². The van der Waals surface area contributed by atoms with E-state index < -0.39 is 12.0 Å². The number of piperazine rings is 1. The number of β-amino-alcohol motifs (C(OH)–C–C–N with tert-alkyl or cyclic N) is 1. The standard InChI is InChI=1S/C19H24N4O2/c1-14-4-6-15(7-5-14)17(24)13-22-9-11-23(12-10-22)19-16(18(20)25)3-2-8-21-19/h2-8,17,24H,9-13H2,1H3,(H2,20,25). The van der Waals surface area contributed by atoms with Gasteiger partial charge in [0.25, 0.3) is 5.91 Å². The van der Waals surface area contributed by atoms with Crippen molar-refractivity contribution in [3.8, 4) is 0 Å². The highest BCUT2D eigenvalue weighted by molar-refractivity contribution is 5.97. The fourth-order valence-corrected chi connectivity index (χ4v) is 3.12. The molecule has 0 radical (unpaired) electrons. The van der Waals surface area contributed by atoms with Crippen LogP contribution in [0.4, 0.5) is 5.82 Å². The topological polar surface area (TPSA) is 82.7 Å². The Bertz CT molecular complexity index is 724. The predicted octanol–water partition coefficient (Wildman–Crippen LogP) is 1.34. The Kier molecular flexibility index (Phi) is 5.31. The molecule has 25 heavy (non-hydrogen) atoms. The van der Waals surface area contributed by atoms with Crippen molar-refractivity contribution in [2.75, 3.05) is 37.6 Å². The molecule has 1 aliphatic rings. The van der Waals surface area contributed by atoms with E-state index in [1.807, 2.05) is 31.2 Å². The third-order valence-electron chi connectivity index (χ3n) is 4.62. The first-order valence-corrected chi connectivity index (χ1v) is 8.51. The van der Waals surface area contributed by atoms with Gasteiger partial charge in [0.1, 0.15) is 5.82 Å². The van der Waals surface area contributed by atoms with Crippen molar-refractivity contribution in [3.63, 3.8) is 0 Å². The molecule has 1 aromatic heterocycles. The number of primary amides is 1. The van der Waals surface area contributed by atoms with Crippen molar-refractivity contribution >= 4 is 11.7 Å². The highest BCUT2D eigenvalue weighted by Crippen LogP contribution is 2.20. The number of carbonyl (C=O) groups is 1. The SMILES string of the molecule is Cc1ccc(C(O)CN2CCN(c3ncccc3C(N)=O)CC2)cc1. The number of aryl methyl sites for hydroxylation is 1. The second-order valence-electron chi connectivity index (χ2n) is 6.45. The summed E-state index contributed by atoms with van der Waals surface area (Å²) in [7, 11) is 0. The molecule has 1 amide bonds. The van der Waals surface area contributed by atoms with Crippen molar-refractivity contribution in [1.82, 2.24) is 9.88 Å². The number of pyridine rings is 1. The van der Waals surface area contributed by atoms with Gasteiger partial charge >= 0.3 is 0 Å². The maximum atomic E-state index is 11.6. The van der Waals surface area contributed by atoms with Gasteiger partial charge in [-0.25, -0.2) is 4.98 Å². The molecule has 1 saturated heterocycles. The molecule has 0 aliphatic carbocycles. The van der Waals surface area contributed by atoms with Crippen LogP contribution in [0.2, 0.25) is 0 Å². The van der Waals surface area contributed by atoms with Gasteiger partial charge in [0.05, 0.1) is 11.7 Å². The fraction of sp³-hybridized carbons (Fsp3) is 0.368. The van der Waals surface area contributed by atoms with Crippen LogP contribution in [-0.4, -0.2) is 53.6 Å². The minimum atomic E-state index is -0.497. The third kappa shape index (κ3) is 4.15. The Hall–Kier alpha value is -2.44. The second-order valence-corrected chi connectivity index (χ2v) is 6.45. The zero-order chi connectivity index (χ0) is 17.8. The molecule has 1 atom stereocenters. The number of carbonyl (C=O) groups excluding carboxylic acids is 1. The predicted molar refractivity (Wildman–Crippen MR) is 97.5 cm³/mol. The number of anilines is 1. The van der Waals surface area contributed by atoms with Crippen LogP contribution in [0.5, 0.6) is 0 Å². The van der Waals surface area contributed by atoms with E-state index in [0.717, 1.165) is 31.7 Å². The summed E-state index contributed by atoms with van der Waals surface area (Å²) >= 11 is 0. The normalized spacial score (nSPS) is 16.6. The Morgan fingerprint density at radius 1 is 1.20 bits per heavy atom. The number of rotatable bonds is 5. The summed E-state index contributed by atoms with van der Waals surface area (Å²) in [6, 6.07) is 11.4. The van der Waals surface area contributed by atoms with Gasteiger partial charge in [0, 0.05) is 38.9 Å². The summed E-state index contributed by atoms with van der Waals surface area (Å²) in [5, 5.41) is 10.4. The molecular weight excluding hydrogens is 316 g/mol. The van der Waals surface area contributed by atoms with Gasteiger partial charge in [-0.05, 0) is 24.6 Å². The molecule has 1 fully saturated rings. The van der Waals surface area contributed by atoms with Crippen LogP contribution >= 0.6 is 0 Å². The number of aliphatic hydroxyl groups is 1. The van der Waals surface area contributed by atoms with Crippen LogP contribution in [-0.2, 0) is 0 Å². The van der Waals surface area contributed by atoms with E-state index in [1.54, 1.807) is 18.3 Å². The Morgan fingerprint density at radius 3 is 2.52 bits per heavy atom. The maximum Gasteiger partial charge on any atom is 0.252 e. The highest BCUT2D eigenvalue weighted by Gasteiger charge is 2.23. The van der Waals surface area contributed by atoms with Crippen LogP contribution in [0.3, 0.4) is 0 Å². The molecule has 0 saturated carbocycles. The number of hydrogen-bond donors (Lipinski definition) is 2. The fourth-order valence-electron chi connectivity index (χ4n) is 3.12. The van der Waals surface area contributed by atoms with E-state index >= 15 is 0 Å². The number of aliphatic hydroxyl groups excluding tert-OH is 1. The van der Waals surface area contributed by atoms with E-state index in [0.29, 0.717) is 17.9 Å². The first kappa shape index (κ1) is 17.4. The number of nitrogens with two attached hydrogens (primary N) is 1. The van der Waals surface area contributed by atoms with Gasteiger partial charge in [-0.15, -0.1) is 0 Å². The average molecular weight is 340 g/mol. The molecule has 3 rings (SSSR count). The first-order valence-electron chi connectivity index (χ1n) is 8.51. The third-order valence-corrected chi connectivity index (χ3v) is 4.62. The summed E-state index contributed by atoms with van der Waals surface area (Å²) < 4.78 is 0. The molecule has 1 unspecified atom stereocenters. The van der Waals surface area contributed by atoms with Crippen LogP contribution in [0.25, 0.3) is 0 Å². The molecule has 1 aliphatic heterocycles. The zero-order valence-electron chi connectivity index (χ0n) is 14.4. The molecular formula is C19H24N4O2. The first-order chi connectivity index (χ1) is 12.0. The van der Waals surface area contributed by atoms with Crippen molar-refractivity contribution in [2.24, 2.45) is 5.73 Å². The zero-order valence-corrected chi connectivity index (χ0v) is 14.4. The van der Waals surface area contributed by atoms with Crippen molar-refractivity contribution in [1.29, 1.82) is 0 Å². The van der Waals surface area contributed by atoms with Crippen LogP contribution in [0, 0.1) is 6.92 Å². The molecule has 0 spiro atoms. The molecule has 1 aromatic carbocycles. The summed E-state index contributed by atoms with van der Waals surface area (Å²) in [5.74, 6) is 0.189. The van der Waals surface area contributed by atoms with E-state index in [1.165, 1.54) is 5.56 Å². The molecule has 0 bridgehead atoms. The van der Waals surface area contributed by atoms with Gasteiger partial charge in [0.2, 0.25) is 0 Å². The van der Waals surface area contributed by atoms with Gasteiger partial charge in [-0.1, -0.05) is 29.8 Å². The Balaban J connectivity index is 1.59. The minimum Gasteiger partial charge on any atom is -0.387 e. The maximum absolute atomic E-state index is 11.6. The lowest BCUT2D eigenvalue weighted by Crippen LogP contribution is -2.48. The molecule has 132 valence electrons. The smallest absolute Gasteiger partial charge is 0.252 e. The minimum absolute atomic E-state index is 0.454. The summed E-state index contributed by atoms with van der Waals surface area (Å²) in [4.78, 5) is 20.2. The van der Waals surface area contributed by atoms with Gasteiger partial charge < -0.3 is 15.7 Å². The van der Waals surface area contributed by atoms with Gasteiger partial charge in [-0.3, -0.25) is 9.69 Å². The summed E-state index contributed by atoms with van der Waals surface area (Å²) in [5.41, 5.74) is 8.02. The monoisotopic (exact) mass is 340 g/mol. The van der Waals surface area contributed by atoms with Crippen LogP contribution in [0.1, 0.15) is 27.6 Å². The summed E-state index contributed by atoms with van der Waals surface area (Å²) in [6.07, 6.45) is 1.18. The molecule has 6 heteroatoms. The quantitative estimate of drug-likeness (QED) is 0.858. The lowest BCUT2D eigenvalue weighted by atomic mass is 10.1. The lowest BCUT2D eigenvalue weighted by molar-refractivity contribution is 0.0999. The Labute approximate surface area is 147 Å². The van der Waals surface area contributed by atoms with Crippen LogP contribution < -0.4 is 10.6 Å². The number of benzene rings is 1. The molecule has 2 heterocycles. The highest BCUT2D eigenvalue weighted by atomic mass is 16.3. The van der Waals surface area contributed by atoms with E-state index in [-0.39, 0.29) is 0 Å². The van der Waals surface area contributed by atoms with Crippen molar-refractivity contribution in [2.45, 2.75) is 13.0 Å². The number of hydrogen-bond acceptors (Lipinski definition) is 5. The largest absolute Gasteiger partial charge is 0.387 e.